The van der Waals surface area contributed by atoms with Crippen LogP contribution in [-0.2, 0) is 0 Å². The Morgan fingerprint density at radius 2 is 1.39 bits per heavy atom. The zero-order valence-corrected chi connectivity index (χ0v) is 12.3. The number of hydrogen-bond acceptors (Lipinski definition) is 6. The normalized spacial score (nSPS) is 11.3. The van der Waals surface area contributed by atoms with Crippen LogP contribution in [0.1, 0.15) is 6.92 Å². The van der Waals surface area contributed by atoms with Gasteiger partial charge in [-0.3, -0.25) is 0 Å². The summed E-state index contributed by atoms with van der Waals surface area (Å²) in [5, 5.41) is 9.93. The molecule has 1 unspecified atom stereocenters. The minimum absolute atomic E-state index is 0.472. The fraction of sp³-hybridized carbons (Fsp3) is 0.167. The summed E-state index contributed by atoms with van der Waals surface area (Å²) in [7, 11) is 3.23. The van der Waals surface area contributed by atoms with Crippen LogP contribution in [0.15, 0.2) is 58.8 Å². The van der Waals surface area contributed by atoms with Crippen molar-refractivity contribution < 1.29 is 5.11 Å². The summed E-state index contributed by atoms with van der Waals surface area (Å²) in [5.41, 5.74) is -0.472. The molecule has 0 saturated carbocycles. The highest BCUT2D eigenvalue weighted by atomic mass is 33.1. The van der Waals surface area contributed by atoms with Crippen molar-refractivity contribution in [1.29, 1.82) is 0 Å². The van der Waals surface area contributed by atoms with Crippen molar-refractivity contribution in [3.05, 3.63) is 48.8 Å². The summed E-state index contributed by atoms with van der Waals surface area (Å²) in [6.07, 6.45) is 3.59. The molecule has 0 aromatic carbocycles. The number of pyridine rings is 2. The Morgan fingerprint density at radius 1 is 1.00 bits per heavy atom. The average molecular weight is 298 g/mol. The van der Waals surface area contributed by atoms with Crippen molar-refractivity contribution in [2.24, 2.45) is 0 Å². The van der Waals surface area contributed by atoms with E-state index in [4.69, 9.17) is 5.11 Å². The maximum atomic E-state index is 7.92. The molecule has 0 spiro atoms. The number of aromatic nitrogens is 2. The summed E-state index contributed by atoms with van der Waals surface area (Å²) in [5.74, 6) is 0. The molecule has 0 aliphatic heterocycles. The molecule has 0 aliphatic rings. The van der Waals surface area contributed by atoms with Gasteiger partial charge in [-0.25, -0.2) is 9.97 Å². The van der Waals surface area contributed by atoms with Crippen LogP contribution in [0.2, 0.25) is 0 Å². The standard InChI is InChI=1S/C10H8N2S2.C2H6OS/c1-3-7-11-9(5-1)13-14-10-6-2-4-8-12-10;1-2(3)4/h1-8H;2-4H,1H3. The van der Waals surface area contributed by atoms with Crippen molar-refractivity contribution in [1.82, 2.24) is 9.97 Å². The molecule has 2 heterocycles. The number of aliphatic hydroxyl groups excluding tert-OH is 1. The van der Waals surface area contributed by atoms with E-state index >= 15 is 0 Å². The molecule has 0 amide bonds. The molecular formula is C12H14N2OS3. The fourth-order valence-electron chi connectivity index (χ4n) is 0.878. The second kappa shape index (κ2) is 9.27. The molecule has 2 aromatic rings. The summed E-state index contributed by atoms with van der Waals surface area (Å²) < 4.78 is 0. The lowest BCUT2D eigenvalue weighted by Crippen LogP contribution is -1.79. The first-order valence-electron chi connectivity index (χ1n) is 5.21. The Kier molecular flexibility index (Phi) is 7.91. The summed E-state index contributed by atoms with van der Waals surface area (Å²) in [6.45, 7) is 1.59. The number of nitrogens with zero attached hydrogens (tertiary/aromatic N) is 2. The highest BCUT2D eigenvalue weighted by Crippen LogP contribution is 2.34. The van der Waals surface area contributed by atoms with E-state index < -0.39 is 5.44 Å². The van der Waals surface area contributed by atoms with E-state index in [1.807, 2.05) is 36.4 Å². The van der Waals surface area contributed by atoms with E-state index in [0.717, 1.165) is 10.1 Å². The predicted molar refractivity (Wildman–Crippen MR) is 80.9 cm³/mol. The fourth-order valence-corrected chi connectivity index (χ4v) is 2.63. The third-order valence-electron chi connectivity index (χ3n) is 1.49. The van der Waals surface area contributed by atoms with Crippen molar-refractivity contribution in [3.8, 4) is 0 Å². The van der Waals surface area contributed by atoms with Gasteiger partial charge in [-0.05, 0) is 52.8 Å². The van der Waals surface area contributed by atoms with E-state index in [0.29, 0.717) is 0 Å². The van der Waals surface area contributed by atoms with Crippen LogP contribution in [0, 0.1) is 0 Å². The molecule has 3 nitrogen and oxygen atoms in total. The minimum Gasteiger partial charge on any atom is -0.383 e. The first-order valence-corrected chi connectivity index (χ1v) is 7.88. The Balaban J connectivity index is 0.000000357. The average Bonchev–Trinajstić information content (AvgIpc) is 2.38. The third-order valence-corrected chi connectivity index (χ3v) is 3.67. The number of thiol groups is 1. The molecule has 96 valence electrons. The van der Waals surface area contributed by atoms with Crippen LogP contribution < -0.4 is 0 Å². The summed E-state index contributed by atoms with van der Waals surface area (Å²) in [4.78, 5) is 8.42. The van der Waals surface area contributed by atoms with Gasteiger partial charge in [0, 0.05) is 12.4 Å². The SMILES string of the molecule is CC(O)S.c1ccc(SSc2ccccn2)nc1. The lowest BCUT2D eigenvalue weighted by Gasteiger charge is -1.97. The first-order chi connectivity index (χ1) is 8.68. The van der Waals surface area contributed by atoms with Gasteiger partial charge in [0.2, 0.25) is 0 Å². The maximum absolute atomic E-state index is 7.92. The molecule has 1 atom stereocenters. The zero-order chi connectivity index (χ0) is 13.2. The van der Waals surface area contributed by atoms with Gasteiger partial charge in [0.15, 0.2) is 0 Å². The van der Waals surface area contributed by atoms with Crippen molar-refractivity contribution in [3.63, 3.8) is 0 Å². The van der Waals surface area contributed by atoms with Gasteiger partial charge in [-0.1, -0.05) is 12.1 Å². The number of hydrogen-bond donors (Lipinski definition) is 2. The predicted octanol–water partition coefficient (Wildman–Crippen LogP) is 3.53. The Bertz CT molecular complexity index is 384. The van der Waals surface area contributed by atoms with Crippen LogP contribution in [0.5, 0.6) is 0 Å². The van der Waals surface area contributed by atoms with Gasteiger partial charge >= 0.3 is 0 Å². The molecule has 0 saturated heterocycles. The van der Waals surface area contributed by atoms with E-state index in [-0.39, 0.29) is 0 Å². The molecule has 2 aromatic heterocycles. The van der Waals surface area contributed by atoms with Gasteiger partial charge in [0.25, 0.3) is 0 Å². The molecule has 1 N–H and O–H groups in total. The van der Waals surface area contributed by atoms with Crippen LogP contribution in [0.4, 0.5) is 0 Å². The van der Waals surface area contributed by atoms with E-state index in [2.05, 4.69) is 22.6 Å². The highest BCUT2D eigenvalue weighted by Gasteiger charge is 1.97. The van der Waals surface area contributed by atoms with Crippen molar-refractivity contribution in [2.45, 2.75) is 22.4 Å². The minimum atomic E-state index is -0.472. The zero-order valence-electron chi connectivity index (χ0n) is 9.80. The number of rotatable bonds is 3. The quantitative estimate of drug-likeness (QED) is 0.516. The van der Waals surface area contributed by atoms with Gasteiger partial charge < -0.3 is 5.11 Å². The van der Waals surface area contributed by atoms with Crippen LogP contribution >= 0.6 is 34.2 Å². The van der Waals surface area contributed by atoms with E-state index in [1.54, 1.807) is 40.9 Å². The lowest BCUT2D eigenvalue weighted by molar-refractivity contribution is 0.286. The molecular weight excluding hydrogens is 284 g/mol. The first kappa shape index (κ1) is 15.4. The Hall–Kier alpha value is -0.690. The van der Waals surface area contributed by atoms with Crippen LogP contribution in [0.3, 0.4) is 0 Å². The Labute approximate surface area is 120 Å². The topological polar surface area (TPSA) is 46.0 Å². The monoisotopic (exact) mass is 298 g/mol. The largest absolute Gasteiger partial charge is 0.383 e. The molecule has 0 aliphatic carbocycles. The van der Waals surface area contributed by atoms with Gasteiger partial charge in [-0.2, -0.15) is 0 Å². The smallest absolute Gasteiger partial charge is 0.107 e. The van der Waals surface area contributed by atoms with Gasteiger partial charge in [0.1, 0.15) is 10.1 Å². The van der Waals surface area contributed by atoms with Crippen molar-refractivity contribution >= 4 is 34.2 Å². The maximum Gasteiger partial charge on any atom is 0.107 e. The molecule has 18 heavy (non-hydrogen) atoms. The number of aliphatic hydroxyl groups is 1. The van der Waals surface area contributed by atoms with Gasteiger partial charge in [0.05, 0.1) is 5.44 Å². The van der Waals surface area contributed by atoms with Gasteiger partial charge in [-0.15, -0.1) is 12.6 Å². The highest BCUT2D eigenvalue weighted by molar-refractivity contribution is 8.76. The summed E-state index contributed by atoms with van der Waals surface area (Å²) in [6, 6.07) is 11.8. The summed E-state index contributed by atoms with van der Waals surface area (Å²) >= 11 is 3.52. The third kappa shape index (κ3) is 7.60. The van der Waals surface area contributed by atoms with Crippen LogP contribution in [0.25, 0.3) is 0 Å². The molecule has 6 heteroatoms. The second-order valence-corrected chi connectivity index (χ2v) is 6.05. The molecule has 0 fully saturated rings. The lowest BCUT2D eigenvalue weighted by atomic mass is 10.5. The molecule has 0 bridgehead atoms. The molecule has 0 radical (unpaired) electrons. The van der Waals surface area contributed by atoms with E-state index in [1.165, 1.54) is 0 Å². The molecule has 2 rings (SSSR count). The Morgan fingerprint density at radius 3 is 1.67 bits per heavy atom. The second-order valence-electron chi connectivity index (χ2n) is 3.13. The van der Waals surface area contributed by atoms with Crippen LogP contribution in [-0.4, -0.2) is 20.5 Å². The van der Waals surface area contributed by atoms with E-state index in [9.17, 15) is 0 Å². The van der Waals surface area contributed by atoms with Crippen molar-refractivity contribution in [2.75, 3.05) is 0 Å².